The third-order valence-corrected chi connectivity index (χ3v) is 3.82. The van der Waals surface area contributed by atoms with E-state index < -0.39 is 0 Å². The highest BCUT2D eigenvalue weighted by atomic mass is 19.1. The minimum atomic E-state index is -0.286. The van der Waals surface area contributed by atoms with Gasteiger partial charge in [0.1, 0.15) is 5.82 Å². The second-order valence-corrected chi connectivity index (χ2v) is 5.69. The summed E-state index contributed by atoms with van der Waals surface area (Å²) in [6, 6.07) is 12.3. The molecule has 0 spiro atoms. The Morgan fingerprint density at radius 1 is 1.14 bits per heavy atom. The largest absolute Gasteiger partial charge is 0.349 e. The molecule has 22 heavy (non-hydrogen) atoms. The van der Waals surface area contributed by atoms with Gasteiger partial charge in [-0.25, -0.2) is 4.39 Å². The molecule has 116 valence electrons. The molecular weight excluding hydrogens is 277 g/mol. The minimum Gasteiger partial charge on any atom is -0.349 e. The summed E-state index contributed by atoms with van der Waals surface area (Å²) < 4.78 is 12.9. The molecule has 0 bridgehead atoms. The fourth-order valence-corrected chi connectivity index (χ4v) is 2.65. The average Bonchev–Trinajstić information content (AvgIpc) is 2.48. The molecule has 2 rings (SSSR count). The van der Waals surface area contributed by atoms with Gasteiger partial charge >= 0.3 is 0 Å². The maximum atomic E-state index is 12.9. The Bertz CT molecular complexity index is 649. The zero-order chi connectivity index (χ0) is 16.1. The summed E-state index contributed by atoms with van der Waals surface area (Å²) in [4.78, 5) is 12.2. The van der Waals surface area contributed by atoms with Gasteiger partial charge in [0.25, 0.3) is 0 Å². The van der Waals surface area contributed by atoms with Crippen LogP contribution in [0.5, 0.6) is 0 Å². The van der Waals surface area contributed by atoms with E-state index in [0.29, 0.717) is 0 Å². The zero-order valence-corrected chi connectivity index (χ0v) is 13.3. The molecule has 1 atom stereocenters. The highest BCUT2D eigenvalue weighted by Crippen LogP contribution is 2.21. The number of carbonyl (C=O) groups is 1. The van der Waals surface area contributed by atoms with Crippen LogP contribution in [0, 0.1) is 19.7 Å². The highest BCUT2D eigenvalue weighted by molar-refractivity contribution is 5.79. The SMILES string of the molecule is CC[C@H](NC(=O)Cc1ccc(F)cc1)c1ccc(C)cc1C. The van der Waals surface area contributed by atoms with Gasteiger partial charge in [0.15, 0.2) is 0 Å². The second kappa shape index (κ2) is 7.21. The van der Waals surface area contributed by atoms with Crippen molar-refractivity contribution in [2.24, 2.45) is 0 Å². The third-order valence-electron chi connectivity index (χ3n) is 3.82. The van der Waals surface area contributed by atoms with Crippen LogP contribution in [-0.4, -0.2) is 5.91 Å². The summed E-state index contributed by atoms with van der Waals surface area (Å²) >= 11 is 0. The molecular formula is C19H22FNO. The number of rotatable bonds is 5. The molecule has 1 amide bonds. The first kappa shape index (κ1) is 16.2. The monoisotopic (exact) mass is 299 g/mol. The van der Waals surface area contributed by atoms with E-state index in [2.05, 4.69) is 44.3 Å². The van der Waals surface area contributed by atoms with Crippen LogP contribution in [-0.2, 0) is 11.2 Å². The van der Waals surface area contributed by atoms with Crippen molar-refractivity contribution in [3.63, 3.8) is 0 Å². The predicted octanol–water partition coefficient (Wildman–Crippen LogP) is 4.25. The van der Waals surface area contributed by atoms with Crippen LogP contribution in [0.4, 0.5) is 4.39 Å². The van der Waals surface area contributed by atoms with Crippen LogP contribution < -0.4 is 5.32 Å². The van der Waals surface area contributed by atoms with Crippen molar-refractivity contribution in [3.8, 4) is 0 Å². The fourth-order valence-electron chi connectivity index (χ4n) is 2.65. The summed E-state index contributed by atoms with van der Waals surface area (Å²) in [6.45, 7) is 6.18. The minimum absolute atomic E-state index is 0.00792. The normalized spacial score (nSPS) is 12.0. The number of carbonyl (C=O) groups excluding carboxylic acids is 1. The van der Waals surface area contributed by atoms with Crippen LogP contribution in [0.15, 0.2) is 42.5 Å². The van der Waals surface area contributed by atoms with E-state index in [-0.39, 0.29) is 24.2 Å². The molecule has 0 radical (unpaired) electrons. The first-order valence-corrected chi connectivity index (χ1v) is 7.60. The van der Waals surface area contributed by atoms with Gasteiger partial charge in [-0.2, -0.15) is 0 Å². The Hall–Kier alpha value is -2.16. The number of halogens is 1. The van der Waals surface area contributed by atoms with Crippen LogP contribution in [0.25, 0.3) is 0 Å². The van der Waals surface area contributed by atoms with Crippen molar-refractivity contribution < 1.29 is 9.18 Å². The molecule has 2 nitrogen and oxygen atoms in total. The standard InChI is InChI=1S/C19H22FNO/c1-4-18(17-10-5-13(2)11-14(17)3)21-19(22)12-15-6-8-16(20)9-7-15/h5-11,18H,4,12H2,1-3H3,(H,21,22)/t18-/m0/s1. The van der Waals surface area contributed by atoms with Crippen LogP contribution >= 0.6 is 0 Å². The number of amides is 1. The fraction of sp³-hybridized carbons (Fsp3) is 0.316. The van der Waals surface area contributed by atoms with Crippen molar-refractivity contribution in [1.29, 1.82) is 0 Å². The smallest absolute Gasteiger partial charge is 0.224 e. The predicted molar refractivity (Wildman–Crippen MR) is 87.2 cm³/mol. The van der Waals surface area contributed by atoms with Crippen LogP contribution in [0.1, 0.15) is 41.6 Å². The Labute approximate surface area is 131 Å². The first-order valence-electron chi connectivity index (χ1n) is 7.60. The molecule has 1 N–H and O–H groups in total. The van der Waals surface area contributed by atoms with Gasteiger partial charge in [0, 0.05) is 0 Å². The maximum Gasteiger partial charge on any atom is 0.224 e. The molecule has 0 aliphatic rings. The molecule has 0 aliphatic heterocycles. The van der Waals surface area contributed by atoms with Crippen molar-refractivity contribution in [2.75, 3.05) is 0 Å². The number of benzene rings is 2. The highest BCUT2D eigenvalue weighted by Gasteiger charge is 2.15. The lowest BCUT2D eigenvalue weighted by Crippen LogP contribution is -2.30. The van der Waals surface area contributed by atoms with Crippen molar-refractivity contribution in [3.05, 3.63) is 70.5 Å². The second-order valence-electron chi connectivity index (χ2n) is 5.69. The van der Waals surface area contributed by atoms with Gasteiger partial charge < -0.3 is 5.32 Å². The van der Waals surface area contributed by atoms with E-state index in [1.54, 1.807) is 12.1 Å². The lowest BCUT2D eigenvalue weighted by molar-refractivity contribution is -0.121. The molecule has 2 aromatic rings. The van der Waals surface area contributed by atoms with E-state index >= 15 is 0 Å². The van der Waals surface area contributed by atoms with E-state index in [9.17, 15) is 9.18 Å². The van der Waals surface area contributed by atoms with Gasteiger partial charge in [-0.15, -0.1) is 0 Å². The van der Waals surface area contributed by atoms with E-state index in [1.807, 2.05) is 0 Å². The summed E-state index contributed by atoms with van der Waals surface area (Å²) in [5.74, 6) is -0.329. The Kier molecular flexibility index (Phi) is 5.31. The number of hydrogen-bond acceptors (Lipinski definition) is 1. The number of nitrogens with one attached hydrogen (secondary N) is 1. The van der Waals surface area contributed by atoms with E-state index in [1.165, 1.54) is 23.3 Å². The van der Waals surface area contributed by atoms with E-state index in [4.69, 9.17) is 0 Å². The van der Waals surface area contributed by atoms with Crippen LogP contribution in [0.3, 0.4) is 0 Å². The molecule has 0 aromatic heterocycles. The van der Waals surface area contributed by atoms with Crippen molar-refractivity contribution in [2.45, 2.75) is 39.7 Å². The third kappa shape index (κ3) is 4.17. The Morgan fingerprint density at radius 3 is 2.41 bits per heavy atom. The molecule has 0 heterocycles. The summed E-state index contributed by atoms with van der Waals surface area (Å²) in [5.41, 5.74) is 4.37. The van der Waals surface area contributed by atoms with Gasteiger partial charge in [0.2, 0.25) is 5.91 Å². The Balaban J connectivity index is 2.06. The molecule has 0 unspecified atom stereocenters. The lowest BCUT2D eigenvalue weighted by atomic mass is 9.97. The zero-order valence-electron chi connectivity index (χ0n) is 13.3. The van der Waals surface area contributed by atoms with Gasteiger partial charge in [0.05, 0.1) is 12.5 Å². The van der Waals surface area contributed by atoms with Gasteiger partial charge in [-0.3, -0.25) is 4.79 Å². The van der Waals surface area contributed by atoms with E-state index in [0.717, 1.165) is 17.5 Å². The summed E-state index contributed by atoms with van der Waals surface area (Å²) in [7, 11) is 0. The quantitative estimate of drug-likeness (QED) is 0.878. The van der Waals surface area contributed by atoms with Crippen molar-refractivity contribution >= 4 is 5.91 Å². The molecule has 0 fully saturated rings. The van der Waals surface area contributed by atoms with Crippen LogP contribution in [0.2, 0.25) is 0 Å². The molecule has 0 saturated heterocycles. The Morgan fingerprint density at radius 2 is 1.82 bits per heavy atom. The van der Waals surface area contributed by atoms with Gasteiger partial charge in [-0.05, 0) is 49.1 Å². The number of aryl methyl sites for hydroxylation is 2. The summed E-state index contributed by atoms with van der Waals surface area (Å²) in [5, 5.41) is 3.07. The summed E-state index contributed by atoms with van der Waals surface area (Å²) in [6.07, 6.45) is 1.10. The molecule has 0 aliphatic carbocycles. The maximum absolute atomic E-state index is 12.9. The average molecular weight is 299 g/mol. The molecule has 2 aromatic carbocycles. The van der Waals surface area contributed by atoms with Crippen molar-refractivity contribution in [1.82, 2.24) is 5.32 Å². The molecule has 3 heteroatoms. The topological polar surface area (TPSA) is 29.1 Å². The molecule has 0 saturated carbocycles. The first-order chi connectivity index (χ1) is 10.5. The van der Waals surface area contributed by atoms with Gasteiger partial charge in [-0.1, -0.05) is 42.8 Å². The lowest BCUT2D eigenvalue weighted by Gasteiger charge is -2.20. The number of hydrogen-bond donors (Lipinski definition) is 1.